The molecule has 0 amide bonds. The molecule has 0 atom stereocenters. The largest absolute Gasteiger partial charge is 0.465 e. The van der Waals surface area contributed by atoms with Gasteiger partial charge in [0.15, 0.2) is 0 Å². The van der Waals surface area contributed by atoms with Crippen molar-refractivity contribution in [2.24, 2.45) is 4.99 Å². The van der Waals surface area contributed by atoms with Gasteiger partial charge in [-0.3, -0.25) is 0 Å². The van der Waals surface area contributed by atoms with Crippen molar-refractivity contribution in [3.63, 3.8) is 0 Å². The molecule has 3 rings (SSSR count). The summed E-state index contributed by atoms with van der Waals surface area (Å²) in [6, 6.07) is 23.1. The zero-order valence-electron chi connectivity index (χ0n) is 15.2. The first-order chi connectivity index (χ1) is 13.1. The van der Waals surface area contributed by atoms with Crippen molar-refractivity contribution in [1.29, 1.82) is 0 Å². The van der Waals surface area contributed by atoms with E-state index in [4.69, 9.17) is 9.47 Å². The van der Waals surface area contributed by atoms with Crippen LogP contribution in [0.5, 0.6) is 11.5 Å². The molecule has 27 heavy (non-hydrogen) atoms. The number of benzene rings is 3. The highest BCUT2D eigenvalue weighted by atomic mass is 19.1. The van der Waals surface area contributed by atoms with Crippen molar-refractivity contribution in [2.45, 2.75) is 13.8 Å². The summed E-state index contributed by atoms with van der Waals surface area (Å²) >= 11 is 0. The fourth-order valence-corrected chi connectivity index (χ4v) is 2.28. The Bertz CT molecular complexity index is 948. The standard InChI is InChI=1S/C23H20FNO2/c1-17-11-13-21(14-12-17)26-16-18(2)23(25-20-8-4-3-5-9-20)27-22-10-6-7-19(24)15-22/h3-16H,1-2H3. The van der Waals surface area contributed by atoms with Crippen LogP contribution in [0.2, 0.25) is 0 Å². The second-order valence-electron chi connectivity index (χ2n) is 6.04. The molecule has 3 aromatic rings. The summed E-state index contributed by atoms with van der Waals surface area (Å²) in [5.74, 6) is 1.04. The van der Waals surface area contributed by atoms with Crippen LogP contribution in [0.1, 0.15) is 12.5 Å². The van der Waals surface area contributed by atoms with E-state index in [1.807, 2.05) is 68.4 Å². The number of halogens is 1. The van der Waals surface area contributed by atoms with Crippen LogP contribution >= 0.6 is 0 Å². The van der Waals surface area contributed by atoms with Gasteiger partial charge >= 0.3 is 0 Å². The van der Waals surface area contributed by atoms with Crippen molar-refractivity contribution < 1.29 is 13.9 Å². The van der Waals surface area contributed by atoms with E-state index in [0.717, 1.165) is 11.3 Å². The molecular weight excluding hydrogens is 341 g/mol. The van der Waals surface area contributed by atoms with E-state index in [1.165, 1.54) is 12.1 Å². The molecule has 0 fully saturated rings. The number of rotatable bonds is 5. The smallest absolute Gasteiger partial charge is 0.225 e. The van der Waals surface area contributed by atoms with E-state index in [-0.39, 0.29) is 5.82 Å². The van der Waals surface area contributed by atoms with E-state index >= 15 is 0 Å². The minimum atomic E-state index is -0.371. The van der Waals surface area contributed by atoms with Crippen LogP contribution in [-0.4, -0.2) is 5.90 Å². The van der Waals surface area contributed by atoms with Gasteiger partial charge in [0.05, 0.1) is 11.9 Å². The van der Waals surface area contributed by atoms with E-state index in [1.54, 1.807) is 18.4 Å². The Hall–Kier alpha value is -3.40. The molecule has 0 N–H and O–H groups in total. The molecule has 0 unspecified atom stereocenters. The van der Waals surface area contributed by atoms with Crippen molar-refractivity contribution in [1.82, 2.24) is 0 Å². The molecular formula is C23H20FNO2. The predicted octanol–water partition coefficient (Wildman–Crippen LogP) is 6.23. The Balaban J connectivity index is 1.87. The molecule has 0 saturated carbocycles. The molecule has 0 bridgehead atoms. The van der Waals surface area contributed by atoms with Gasteiger partial charge in [0, 0.05) is 11.6 Å². The van der Waals surface area contributed by atoms with Gasteiger partial charge in [-0.05, 0) is 50.2 Å². The fourth-order valence-electron chi connectivity index (χ4n) is 2.28. The lowest BCUT2D eigenvalue weighted by atomic mass is 10.2. The molecule has 0 aliphatic carbocycles. The quantitative estimate of drug-likeness (QED) is 0.306. The molecule has 0 saturated heterocycles. The second-order valence-corrected chi connectivity index (χ2v) is 6.04. The minimum Gasteiger partial charge on any atom is -0.465 e. The second kappa shape index (κ2) is 8.81. The first-order valence-corrected chi connectivity index (χ1v) is 8.58. The molecule has 136 valence electrons. The molecule has 0 aliphatic heterocycles. The van der Waals surface area contributed by atoms with Crippen LogP contribution in [0.3, 0.4) is 0 Å². The molecule has 0 aromatic heterocycles. The maximum atomic E-state index is 13.5. The zero-order chi connectivity index (χ0) is 19.1. The monoisotopic (exact) mass is 361 g/mol. The molecule has 3 aromatic carbocycles. The average Bonchev–Trinajstić information content (AvgIpc) is 2.68. The fraction of sp³-hybridized carbons (Fsp3) is 0.0870. The lowest BCUT2D eigenvalue weighted by Gasteiger charge is -2.10. The first kappa shape index (κ1) is 18.4. The molecule has 0 heterocycles. The Kier molecular flexibility index (Phi) is 6.00. The van der Waals surface area contributed by atoms with Gasteiger partial charge in [-0.1, -0.05) is 42.0 Å². The number of aryl methyl sites for hydroxylation is 1. The van der Waals surface area contributed by atoms with Gasteiger partial charge in [-0.25, -0.2) is 9.38 Å². The Morgan fingerprint density at radius 1 is 0.889 bits per heavy atom. The number of ether oxygens (including phenoxy) is 2. The highest BCUT2D eigenvalue weighted by Crippen LogP contribution is 2.19. The van der Waals surface area contributed by atoms with Crippen molar-refractivity contribution in [3.8, 4) is 11.5 Å². The first-order valence-electron chi connectivity index (χ1n) is 8.58. The van der Waals surface area contributed by atoms with Gasteiger partial charge in [0.25, 0.3) is 0 Å². The predicted molar refractivity (Wildman–Crippen MR) is 106 cm³/mol. The lowest BCUT2D eigenvalue weighted by Crippen LogP contribution is -2.11. The summed E-state index contributed by atoms with van der Waals surface area (Å²) in [4.78, 5) is 4.53. The lowest BCUT2D eigenvalue weighted by molar-refractivity contribution is 0.473. The minimum absolute atomic E-state index is 0.332. The molecule has 0 radical (unpaired) electrons. The van der Waals surface area contributed by atoms with Crippen molar-refractivity contribution in [3.05, 3.63) is 102 Å². The number of aliphatic imine (C=N–C) groups is 1. The van der Waals surface area contributed by atoms with Gasteiger partial charge < -0.3 is 9.47 Å². The van der Waals surface area contributed by atoms with E-state index < -0.39 is 0 Å². The summed E-state index contributed by atoms with van der Waals surface area (Å²) < 4.78 is 25.0. The van der Waals surface area contributed by atoms with Gasteiger partial charge in [-0.2, -0.15) is 0 Å². The van der Waals surface area contributed by atoms with Crippen molar-refractivity contribution in [2.75, 3.05) is 0 Å². The van der Waals surface area contributed by atoms with Crippen molar-refractivity contribution >= 4 is 11.6 Å². The molecule has 0 aliphatic rings. The van der Waals surface area contributed by atoms with Gasteiger partial charge in [-0.15, -0.1) is 0 Å². The van der Waals surface area contributed by atoms with Crippen LogP contribution in [-0.2, 0) is 0 Å². The molecule has 4 heteroatoms. The van der Waals surface area contributed by atoms with Crippen LogP contribution < -0.4 is 9.47 Å². The highest BCUT2D eigenvalue weighted by molar-refractivity contribution is 5.96. The summed E-state index contributed by atoms with van der Waals surface area (Å²) in [5.41, 5.74) is 2.56. The van der Waals surface area contributed by atoms with Crippen LogP contribution in [0.15, 0.2) is 95.7 Å². The van der Waals surface area contributed by atoms with E-state index in [0.29, 0.717) is 23.0 Å². The zero-order valence-corrected chi connectivity index (χ0v) is 15.2. The number of hydrogen-bond donors (Lipinski definition) is 0. The number of para-hydroxylation sites is 1. The molecule has 0 spiro atoms. The third-order valence-electron chi connectivity index (χ3n) is 3.73. The number of hydrogen-bond acceptors (Lipinski definition) is 3. The topological polar surface area (TPSA) is 30.8 Å². The summed E-state index contributed by atoms with van der Waals surface area (Å²) in [6.07, 6.45) is 1.58. The third kappa shape index (κ3) is 5.54. The highest BCUT2D eigenvalue weighted by Gasteiger charge is 2.08. The maximum absolute atomic E-state index is 13.5. The summed E-state index contributed by atoms with van der Waals surface area (Å²) in [6.45, 7) is 3.84. The van der Waals surface area contributed by atoms with E-state index in [9.17, 15) is 4.39 Å². The number of nitrogens with zero attached hydrogens (tertiary/aromatic N) is 1. The van der Waals surface area contributed by atoms with Crippen LogP contribution in [0.4, 0.5) is 10.1 Å². The summed E-state index contributed by atoms with van der Waals surface area (Å²) in [5, 5.41) is 0. The third-order valence-corrected chi connectivity index (χ3v) is 3.73. The van der Waals surface area contributed by atoms with Gasteiger partial charge in [0.2, 0.25) is 5.90 Å². The van der Waals surface area contributed by atoms with Crippen LogP contribution in [0.25, 0.3) is 0 Å². The SMILES string of the molecule is CC(=COc1ccc(C)cc1)C(=Nc1ccccc1)Oc1cccc(F)c1. The normalized spacial score (nSPS) is 12.0. The molecule has 3 nitrogen and oxygen atoms in total. The van der Waals surface area contributed by atoms with Gasteiger partial charge in [0.1, 0.15) is 17.3 Å². The Morgan fingerprint density at radius 2 is 1.63 bits per heavy atom. The average molecular weight is 361 g/mol. The summed E-state index contributed by atoms with van der Waals surface area (Å²) in [7, 11) is 0. The van der Waals surface area contributed by atoms with Crippen LogP contribution in [0, 0.1) is 12.7 Å². The van der Waals surface area contributed by atoms with E-state index in [2.05, 4.69) is 4.99 Å². The maximum Gasteiger partial charge on any atom is 0.225 e. The Morgan fingerprint density at radius 3 is 2.33 bits per heavy atom. The Labute approximate surface area is 158 Å².